The van der Waals surface area contributed by atoms with Gasteiger partial charge in [-0.1, -0.05) is 24.1 Å². The monoisotopic (exact) mass is 298 g/mol. The van der Waals surface area contributed by atoms with E-state index < -0.39 is 0 Å². The molecule has 1 fully saturated rings. The minimum atomic E-state index is -0.346. The van der Waals surface area contributed by atoms with E-state index >= 15 is 0 Å². The summed E-state index contributed by atoms with van der Waals surface area (Å²) < 4.78 is 13.5. The predicted molar refractivity (Wildman–Crippen MR) is 82.7 cm³/mol. The molecule has 1 N–H and O–H groups in total. The lowest BCUT2D eigenvalue weighted by Gasteiger charge is -2.30. The van der Waals surface area contributed by atoms with Crippen molar-refractivity contribution >= 4 is 11.6 Å². The zero-order chi connectivity index (χ0) is 14.5. The summed E-state index contributed by atoms with van der Waals surface area (Å²) in [4.78, 5) is 2.51. The van der Waals surface area contributed by atoms with Crippen LogP contribution in [0, 0.1) is 5.82 Å². The van der Waals surface area contributed by atoms with Gasteiger partial charge in [-0.15, -0.1) is 0 Å². The molecule has 2 nitrogen and oxygen atoms in total. The molecule has 0 aliphatic carbocycles. The third-order valence-electron chi connectivity index (χ3n) is 3.96. The Labute approximate surface area is 126 Å². The van der Waals surface area contributed by atoms with Gasteiger partial charge in [-0.3, -0.25) is 0 Å². The minimum Gasteiger partial charge on any atom is -0.306 e. The Hall–Kier alpha value is -0.640. The maximum Gasteiger partial charge on any atom is 0.142 e. The van der Waals surface area contributed by atoms with Crippen LogP contribution in [0.25, 0.3) is 0 Å². The van der Waals surface area contributed by atoms with Crippen LogP contribution in [-0.4, -0.2) is 30.6 Å². The smallest absolute Gasteiger partial charge is 0.142 e. The molecular formula is C16H24ClFN2. The summed E-state index contributed by atoms with van der Waals surface area (Å²) in [6.07, 6.45) is 3.98. The minimum absolute atomic E-state index is 0.126. The molecule has 1 aromatic rings. The Morgan fingerprint density at radius 3 is 2.60 bits per heavy atom. The van der Waals surface area contributed by atoms with Gasteiger partial charge in [-0.2, -0.15) is 0 Å². The van der Waals surface area contributed by atoms with E-state index in [1.165, 1.54) is 38.4 Å². The second-order valence-corrected chi connectivity index (χ2v) is 6.23. The van der Waals surface area contributed by atoms with Crippen molar-refractivity contribution in [3.8, 4) is 0 Å². The summed E-state index contributed by atoms with van der Waals surface area (Å²) >= 11 is 5.72. The lowest BCUT2D eigenvalue weighted by atomic mass is 10.1. The number of piperidine rings is 1. The molecule has 1 aromatic carbocycles. The highest BCUT2D eigenvalue weighted by Crippen LogP contribution is 2.20. The topological polar surface area (TPSA) is 15.3 Å². The lowest BCUT2D eigenvalue weighted by molar-refractivity contribution is 0.205. The summed E-state index contributed by atoms with van der Waals surface area (Å²) in [6, 6.07) is 5.55. The van der Waals surface area contributed by atoms with Crippen molar-refractivity contribution < 1.29 is 4.39 Å². The summed E-state index contributed by atoms with van der Waals surface area (Å²) in [5.41, 5.74) is 0.942. The molecule has 1 aliphatic heterocycles. The number of rotatable bonds is 5. The maximum absolute atomic E-state index is 13.5. The molecule has 4 heteroatoms. The van der Waals surface area contributed by atoms with Crippen LogP contribution in [-0.2, 0) is 0 Å². The average Bonchev–Trinajstić information content (AvgIpc) is 2.42. The van der Waals surface area contributed by atoms with E-state index in [1.807, 2.05) is 6.07 Å². The van der Waals surface area contributed by atoms with Crippen molar-refractivity contribution in [2.24, 2.45) is 0 Å². The third-order valence-corrected chi connectivity index (χ3v) is 4.27. The van der Waals surface area contributed by atoms with Crippen molar-refractivity contribution in [2.75, 3.05) is 19.6 Å². The fourth-order valence-corrected chi connectivity index (χ4v) is 3.00. The fraction of sp³-hybridized carbons (Fsp3) is 0.625. The number of halogens is 2. The van der Waals surface area contributed by atoms with Crippen LogP contribution >= 0.6 is 11.6 Å². The summed E-state index contributed by atoms with van der Waals surface area (Å²) in [5, 5.41) is 3.72. The molecule has 0 aromatic heterocycles. The van der Waals surface area contributed by atoms with Gasteiger partial charge in [-0.05, 0) is 57.5 Å². The number of nitrogens with one attached hydrogen (secondary N) is 1. The Kier molecular flexibility index (Phi) is 5.82. The van der Waals surface area contributed by atoms with Crippen LogP contribution < -0.4 is 5.32 Å². The predicted octanol–water partition coefficient (Wildman–Crippen LogP) is 4.00. The normalized spacial score (nSPS) is 19.8. The average molecular weight is 299 g/mol. The molecule has 0 bridgehead atoms. The van der Waals surface area contributed by atoms with E-state index in [4.69, 9.17) is 11.6 Å². The van der Waals surface area contributed by atoms with E-state index in [1.54, 1.807) is 6.07 Å². The van der Waals surface area contributed by atoms with Crippen LogP contribution in [0.5, 0.6) is 0 Å². The van der Waals surface area contributed by atoms with Crippen molar-refractivity contribution in [1.29, 1.82) is 0 Å². The highest BCUT2D eigenvalue weighted by Gasteiger charge is 2.16. The zero-order valence-corrected chi connectivity index (χ0v) is 13.1. The van der Waals surface area contributed by atoms with Crippen LogP contribution in [0.15, 0.2) is 18.2 Å². The highest BCUT2D eigenvalue weighted by molar-refractivity contribution is 6.30. The van der Waals surface area contributed by atoms with Gasteiger partial charge in [0.2, 0.25) is 0 Å². The molecule has 1 saturated heterocycles. The largest absolute Gasteiger partial charge is 0.306 e. The zero-order valence-electron chi connectivity index (χ0n) is 12.3. The van der Waals surface area contributed by atoms with E-state index in [2.05, 4.69) is 24.1 Å². The maximum atomic E-state index is 13.5. The molecule has 1 heterocycles. The van der Waals surface area contributed by atoms with Gasteiger partial charge < -0.3 is 10.2 Å². The summed E-state index contributed by atoms with van der Waals surface area (Å²) in [6.45, 7) is 7.72. The molecule has 0 spiro atoms. The Morgan fingerprint density at radius 1 is 1.25 bits per heavy atom. The Balaban J connectivity index is 1.86. The van der Waals surface area contributed by atoms with Gasteiger partial charge >= 0.3 is 0 Å². The number of nitrogens with zero attached hydrogens (tertiary/aromatic N) is 1. The van der Waals surface area contributed by atoms with Crippen molar-refractivity contribution in [1.82, 2.24) is 10.2 Å². The molecule has 2 atom stereocenters. The summed E-state index contributed by atoms with van der Waals surface area (Å²) in [7, 11) is 0. The van der Waals surface area contributed by atoms with Gasteiger partial charge in [0.05, 0.1) is 5.02 Å². The van der Waals surface area contributed by atoms with E-state index in [-0.39, 0.29) is 16.9 Å². The number of likely N-dealkylation sites (tertiary alicyclic amines) is 1. The van der Waals surface area contributed by atoms with E-state index in [0.29, 0.717) is 6.04 Å². The highest BCUT2D eigenvalue weighted by atomic mass is 35.5. The first kappa shape index (κ1) is 15.7. The van der Waals surface area contributed by atoms with Crippen LogP contribution in [0.2, 0.25) is 5.02 Å². The first-order chi connectivity index (χ1) is 9.56. The van der Waals surface area contributed by atoms with Gasteiger partial charge in [0, 0.05) is 18.6 Å². The van der Waals surface area contributed by atoms with Crippen LogP contribution in [0.1, 0.15) is 44.7 Å². The van der Waals surface area contributed by atoms with Gasteiger partial charge in [0.15, 0.2) is 0 Å². The molecule has 0 amide bonds. The molecular weight excluding hydrogens is 275 g/mol. The molecule has 1 aliphatic rings. The molecule has 0 saturated carbocycles. The fourth-order valence-electron chi connectivity index (χ4n) is 2.89. The van der Waals surface area contributed by atoms with Crippen molar-refractivity contribution in [3.63, 3.8) is 0 Å². The first-order valence-corrected chi connectivity index (χ1v) is 7.87. The van der Waals surface area contributed by atoms with Gasteiger partial charge in [-0.25, -0.2) is 4.39 Å². The molecule has 20 heavy (non-hydrogen) atoms. The number of hydrogen-bond acceptors (Lipinski definition) is 2. The SMILES string of the molecule is CC(CN1CCCCC1)NC(C)c1ccc(Cl)c(F)c1. The molecule has 2 unspecified atom stereocenters. The summed E-state index contributed by atoms with van der Waals surface area (Å²) in [5.74, 6) is -0.346. The second kappa shape index (κ2) is 7.39. The quantitative estimate of drug-likeness (QED) is 0.884. The van der Waals surface area contributed by atoms with Gasteiger partial charge in [0.25, 0.3) is 0 Å². The molecule has 0 radical (unpaired) electrons. The Bertz CT molecular complexity index is 432. The Morgan fingerprint density at radius 2 is 1.95 bits per heavy atom. The second-order valence-electron chi connectivity index (χ2n) is 5.82. The first-order valence-electron chi connectivity index (χ1n) is 7.49. The number of hydrogen-bond donors (Lipinski definition) is 1. The number of benzene rings is 1. The van der Waals surface area contributed by atoms with Crippen LogP contribution in [0.4, 0.5) is 4.39 Å². The van der Waals surface area contributed by atoms with Crippen molar-refractivity contribution in [3.05, 3.63) is 34.6 Å². The third kappa shape index (κ3) is 4.44. The van der Waals surface area contributed by atoms with Gasteiger partial charge in [0.1, 0.15) is 5.82 Å². The standard InChI is InChI=1S/C16H24ClFN2/c1-12(11-20-8-4-3-5-9-20)19-13(2)14-6-7-15(17)16(18)10-14/h6-7,10,12-13,19H,3-5,8-9,11H2,1-2H3. The van der Waals surface area contributed by atoms with Crippen molar-refractivity contribution in [2.45, 2.75) is 45.2 Å². The lowest BCUT2D eigenvalue weighted by Crippen LogP contribution is -2.42. The molecule has 2 rings (SSSR count). The van der Waals surface area contributed by atoms with Crippen LogP contribution in [0.3, 0.4) is 0 Å². The molecule has 112 valence electrons. The van der Waals surface area contributed by atoms with E-state index in [0.717, 1.165) is 12.1 Å². The van der Waals surface area contributed by atoms with E-state index in [9.17, 15) is 4.39 Å².